The second-order valence-electron chi connectivity index (χ2n) is 3.98. The van der Waals surface area contributed by atoms with E-state index in [-0.39, 0.29) is 21.2 Å². The summed E-state index contributed by atoms with van der Waals surface area (Å²) in [5.74, 6) is 0. The predicted molar refractivity (Wildman–Crippen MR) is 74.3 cm³/mol. The molecule has 1 heterocycles. The van der Waals surface area contributed by atoms with Gasteiger partial charge in [0.05, 0.1) is 26.2 Å². The van der Waals surface area contributed by atoms with Crippen molar-refractivity contribution in [3.8, 4) is 0 Å². The van der Waals surface area contributed by atoms with E-state index < -0.39 is 4.92 Å². The molecular formula is C13H6BrNO4. The molecule has 19 heavy (non-hydrogen) atoms. The number of hydrogen-bond acceptors (Lipinski definition) is 4. The van der Waals surface area contributed by atoms with Gasteiger partial charge in [-0.25, -0.2) is 0 Å². The first-order valence-corrected chi connectivity index (χ1v) is 6.17. The molecule has 0 aliphatic rings. The molecular weight excluding hydrogens is 314 g/mol. The van der Waals surface area contributed by atoms with Crippen LogP contribution in [0.15, 0.2) is 50.1 Å². The maximum Gasteiger partial charge on any atom is 0.287 e. The summed E-state index contributed by atoms with van der Waals surface area (Å²) in [7, 11) is 0. The topological polar surface area (TPSA) is 73.3 Å². The Hall–Kier alpha value is -2.21. The van der Waals surface area contributed by atoms with E-state index in [1.807, 2.05) is 0 Å². The smallest absolute Gasteiger partial charge is 0.287 e. The zero-order valence-corrected chi connectivity index (χ0v) is 11.0. The van der Waals surface area contributed by atoms with E-state index in [0.717, 1.165) is 0 Å². The molecule has 0 aliphatic heterocycles. The maximum atomic E-state index is 12.3. The maximum absolute atomic E-state index is 12.3. The fraction of sp³-hybridized carbons (Fsp3) is 0. The number of rotatable bonds is 1. The number of fused-ring (bicyclic) bond motifs is 2. The predicted octanol–water partition coefficient (Wildman–Crippen LogP) is 3.62. The van der Waals surface area contributed by atoms with Gasteiger partial charge in [0.1, 0.15) is 11.2 Å². The van der Waals surface area contributed by atoms with Crippen LogP contribution in [0.3, 0.4) is 0 Å². The average Bonchev–Trinajstić information content (AvgIpc) is 2.39. The fourth-order valence-electron chi connectivity index (χ4n) is 1.95. The van der Waals surface area contributed by atoms with E-state index in [2.05, 4.69) is 15.9 Å². The molecule has 0 amide bonds. The SMILES string of the molecule is O=c1c2ccccc2oc2cc([N+](=O)[O-])c(Br)cc12. The van der Waals surface area contributed by atoms with E-state index >= 15 is 0 Å². The van der Waals surface area contributed by atoms with Crippen LogP contribution in [0.1, 0.15) is 0 Å². The second kappa shape index (κ2) is 4.17. The first-order chi connectivity index (χ1) is 9.08. The van der Waals surface area contributed by atoms with Crippen molar-refractivity contribution in [2.45, 2.75) is 0 Å². The highest BCUT2D eigenvalue weighted by atomic mass is 79.9. The number of hydrogen-bond donors (Lipinski definition) is 0. The van der Waals surface area contributed by atoms with E-state index in [4.69, 9.17) is 4.42 Å². The molecule has 0 unspecified atom stereocenters. The molecule has 0 radical (unpaired) electrons. The molecule has 0 aliphatic carbocycles. The molecule has 0 saturated carbocycles. The minimum Gasteiger partial charge on any atom is -0.456 e. The number of nitro benzene ring substituents is 1. The van der Waals surface area contributed by atoms with Crippen molar-refractivity contribution < 1.29 is 9.34 Å². The third-order valence-electron chi connectivity index (χ3n) is 2.84. The van der Waals surface area contributed by atoms with Crippen LogP contribution in [-0.2, 0) is 0 Å². The van der Waals surface area contributed by atoms with Crippen LogP contribution in [0.25, 0.3) is 21.9 Å². The van der Waals surface area contributed by atoms with Gasteiger partial charge in [-0.15, -0.1) is 0 Å². The first kappa shape index (κ1) is 11.9. The van der Waals surface area contributed by atoms with Crippen molar-refractivity contribution in [2.24, 2.45) is 0 Å². The Kier molecular flexibility index (Phi) is 2.60. The van der Waals surface area contributed by atoms with Gasteiger partial charge in [-0.2, -0.15) is 0 Å². The van der Waals surface area contributed by atoms with E-state index in [0.29, 0.717) is 16.4 Å². The number of benzene rings is 2. The molecule has 0 saturated heterocycles. The minimum atomic E-state index is -0.529. The second-order valence-corrected chi connectivity index (χ2v) is 4.84. The van der Waals surface area contributed by atoms with Gasteiger partial charge in [0, 0.05) is 0 Å². The van der Waals surface area contributed by atoms with Crippen molar-refractivity contribution in [3.63, 3.8) is 0 Å². The van der Waals surface area contributed by atoms with Crippen molar-refractivity contribution in [1.29, 1.82) is 0 Å². The summed E-state index contributed by atoms with van der Waals surface area (Å²) in [6.45, 7) is 0. The normalized spacial score (nSPS) is 11.0. The van der Waals surface area contributed by atoms with E-state index in [9.17, 15) is 14.9 Å². The number of nitro groups is 1. The fourth-order valence-corrected chi connectivity index (χ4v) is 2.44. The highest BCUT2D eigenvalue weighted by Crippen LogP contribution is 2.30. The molecule has 0 fully saturated rings. The summed E-state index contributed by atoms with van der Waals surface area (Å²) in [4.78, 5) is 22.6. The Morgan fingerprint density at radius 3 is 2.58 bits per heavy atom. The molecule has 3 rings (SSSR count). The zero-order valence-electron chi connectivity index (χ0n) is 9.42. The largest absolute Gasteiger partial charge is 0.456 e. The minimum absolute atomic E-state index is 0.133. The highest BCUT2D eigenvalue weighted by Gasteiger charge is 2.16. The molecule has 2 aromatic carbocycles. The van der Waals surface area contributed by atoms with E-state index in [1.54, 1.807) is 24.3 Å². The Labute approximate surface area is 114 Å². The summed E-state index contributed by atoms with van der Waals surface area (Å²) in [5.41, 5.74) is 0.286. The Morgan fingerprint density at radius 1 is 1.11 bits per heavy atom. The van der Waals surface area contributed by atoms with E-state index in [1.165, 1.54) is 12.1 Å². The molecule has 0 spiro atoms. The van der Waals surface area contributed by atoms with Crippen LogP contribution >= 0.6 is 15.9 Å². The molecule has 0 bridgehead atoms. The monoisotopic (exact) mass is 319 g/mol. The lowest BCUT2D eigenvalue weighted by atomic mass is 10.1. The third kappa shape index (κ3) is 1.80. The van der Waals surface area contributed by atoms with Crippen LogP contribution in [0, 0.1) is 10.1 Å². The van der Waals surface area contributed by atoms with Crippen molar-refractivity contribution >= 4 is 43.6 Å². The molecule has 5 nitrogen and oxygen atoms in total. The number of halogens is 1. The van der Waals surface area contributed by atoms with Gasteiger partial charge in [-0.05, 0) is 34.1 Å². The summed E-state index contributed by atoms with van der Waals surface area (Å²) >= 11 is 3.09. The molecule has 1 aromatic heterocycles. The highest BCUT2D eigenvalue weighted by molar-refractivity contribution is 9.10. The van der Waals surface area contributed by atoms with Gasteiger partial charge in [0.15, 0.2) is 0 Å². The molecule has 0 N–H and O–H groups in total. The standard InChI is InChI=1S/C13H6BrNO4/c14-9-5-8-12(6-10(9)15(17)18)19-11-4-2-1-3-7(11)13(8)16/h1-6H. The lowest BCUT2D eigenvalue weighted by Crippen LogP contribution is -2.02. The van der Waals surface area contributed by atoms with Gasteiger partial charge in [0.25, 0.3) is 5.69 Å². The quantitative estimate of drug-likeness (QED) is 0.390. The lowest BCUT2D eigenvalue weighted by molar-refractivity contribution is -0.385. The van der Waals surface area contributed by atoms with Crippen LogP contribution in [-0.4, -0.2) is 4.92 Å². The molecule has 94 valence electrons. The van der Waals surface area contributed by atoms with Crippen molar-refractivity contribution in [3.05, 3.63) is 61.2 Å². The van der Waals surface area contributed by atoms with Gasteiger partial charge >= 0.3 is 0 Å². The third-order valence-corrected chi connectivity index (χ3v) is 3.48. The molecule has 6 heteroatoms. The van der Waals surface area contributed by atoms with Crippen LogP contribution in [0.5, 0.6) is 0 Å². The lowest BCUT2D eigenvalue weighted by Gasteiger charge is -2.02. The summed E-state index contributed by atoms with van der Waals surface area (Å²) < 4.78 is 5.80. The number of nitrogens with zero attached hydrogens (tertiary/aromatic N) is 1. The van der Waals surface area contributed by atoms with Gasteiger partial charge in [-0.1, -0.05) is 12.1 Å². The van der Waals surface area contributed by atoms with Gasteiger partial charge < -0.3 is 4.42 Å². The Morgan fingerprint density at radius 2 is 1.84 bits per heavy atom. The van der Waals surface area contributed by atoms with Gasteiger partial charge in [0.2, 0.25) is 5.43 Å². The molecule has 0 atom stereocenters. The van der Waals surface area contributed by atoms with Crippen LogP contribution in [0.4, 0.5) is 5.69 Å². The van der Waals surface area contributed by atoms with Crippen LogP contribution < -0.4 is 5.43 Å². The Balaban J connectivity index is 2.52. The van der Waals surface area contributed by atoms with Crippen molar-refractivity contribution in [2.75, 3.05) is 0 Å². The van der Waals surface area contributed by atoms with Gasteiger partial charge in [-0.3, -0.25) is 14.9 Å². The summed E-state index contributed by atoms with van der Waals surface area (Å²) in [6.07, 6.45) is 0. The summed E-state index contributed by atoms with van der Waals surface area (Å²) in [6, 6.07) is 9.48. The summed E-state index contributed by atoms with van der Waals surface area (Å²) in [5, 5.41) is 11.6. The Bertz CT molecular complexity index is 885. The zero-order chi connectivity index (χ0) is 13.6. The number of para-hydroxylation sites is 1. The van der Waals surface area contributed by atoms with Crippen molar-refractivity contribution in [1.82, 2.24) is 0 Å². The molecule has 3 aromatic rings. The van der Waals surface area contributed by atoms with Crippen LogP contribution in [0.2, 0.25) is 0 Å². The first-order valence-electron chi connectivity index (χ1n) is 5.37. The average molecular weight is 320 g/mol.